The summed E-state index contributed by atoms with van der Waals surface area (Å²) in [4.78, 5) is 24.9. The molecule has 2 aliphatic carbocycles. The van der Waals surface area contributed by atoms with Crippen molar-refractivity contribution in [1.29, 1.82) is 0 Å². The maximum atomic E-state index is 12.5. The Labute approximate surface area is 123 Å². The van der Waals surface area contributed by atoms with Crippen LogP contribution in [0.2, 0.25) is 0 Å². The van der Waals surface area contributed by atoms with Crippen LogP contribution in [-0.4, -0.2) is 11.6 Å². The van der Waals surface area contributed by atoms with Crippen LogP contribution in [0.4, 0.5) is 0 Å². The molecule has 104 valence electrons. The Morgan fingerprint density at radius 1 is 0.714 bits per heavy atom. The predicted molar refractivity (Wildman–Crippen MR) is 80.6 cm³/mol. The van der Waals surface area contributed by atoms with Gasteiger partial charge in [0.1, 0.15) is 0 Å². The van der Waals surface area contributed by atoms with Gasteiger partial charge in [0.2, 0.25) is 0 Å². The van der Waals surface area contributed by atoms with Crippen LogP contribution < -0.4 is 0 Å². The summed E-state index contributed by atoms with van der Waals surface area (Å²) >= 11 is 0. The van der Waals surface area contributed by atoms with Crippen molar-refractivity contribution in [1.82, 2.24) is 0 Å². The first-order valence-corrected chi connectivity index (χ1v) is 7.48. The van der Waals surface area contributed by atoms with E-state index in [1.807, 2.05) is 48.5 Å². The van der Waals surface area contributed by atoms with Gasteiger partial charge in [-0.1, -0.05) is 48.5 Å². The molecular formula is C19H16O2. The van der Waals surface area contributed by atoms with E-state index in [2.05, 4.69) is 0 Å². The molecule has 2 nitrogen and oxygen atoms in total. The molecule has 2 heteroatoms. The lowest BCUT2D eigenvalue weighted by molar-refractivity contribution is 0.0872. The third-order valence-corrected chi connectivity index (χ3v) is 4.81. The lowest BCUT2D eigenvalue weighted by Crippen LogP contribution is -2.18. The average molecular weight is 276 g/mol. The molecule has 0 heterocycles. The number of Topliss-reactive ketones (excluding diaryl/α,β-unsaturated/α-hetero) is 2. The Hall–Kier alpha value is -2.22. The molecule has 0 saturated heterocycles. The molecule has 4 rings (SSSR count). The summed E-state index contributed by atoms with van der Waals surface area (Å²) < 4.78 is 0. The summed E-state index contributed by atoms with van der Waals surface area (Å²) in [5.41, 5.74) is 3.97. The average Bonchev–Trinajstić information content (AvgIpc) is 2.99. The maximum absolute atomic E-state index is 12.5. The number of ketones is 2. The normalized spacial score (nSPS) is 23.2. The third kappa shape index (κ3) is 1.94. The molecule has 2 aromatic carbocycles. The van der Waals surface area contributed by atoms with E-state index in [4.69, 9.17) is 0 Å². The smallest absolute Gasteiger partial charge is 0.166 e. The van der Waals surface area contributed by atoms with Gasteiger partial charge >= 0.3 is 0 Å². The van der Waals surface area contributed by atoms with E-state index in [9.17, 15) is 9.59 Å². The van der Waals surface area contributed by atoms with E-state index in [0.717, 1.165) is 35.1 Å². The second kappa shape index (κ2) is 4.66. The summed E-state index contributed by atoms with van der Waals surface area (Å²) in [5, 5.41) is 0. The van der Waals surface area contributed by atoms with Crippen LogP contribution >= 0.6 is 0 Å². The van der Waals surface area contributed by atoms with E-state index >= 15 is 0 Å². The van der Waals surface area contributed by atoms with Gasteiger partial charge in [0.15, 0.2) is 11.6 Å². The summed E-state index contributed by atoms with van der Waals surface area (Å²) in [6, 6.07) is 15.6. The molecule has 21 heavy (non-hydrogen) atoms. The zero-order valence-corrected chi connectivity index (χ0v) is 11.7. The molecular weight excluding hydrogens is 260 g/mol. The minimum atomic E-state index is -0.0225. The highest BCUT2D eigenvalue weighted by molar-refractivity contribution is 6.04. The molecule has 0 spiro atoms. The maximum Gasteiger partial charge on any atom is 0.166 e. The predicted octanol–water partition coefficient (Wildman–Crippen LogP) is 3.49. The first-order chi connectivity index (χ1) is 10.2. The van der Waals surface area contributed by atoms with Crippen molar-refractivity contribution in [3.05, 3.63) is 70.8 Å². The molecule has 0 bridgehead atoms. The quantitative estimate of drug-likeness (QED) is 0.841. The van der Waals surface area contributed by atoms with Crippen LogP contribution in [0.3, 0.4) is 0 Å². The number of rotatable bonds is 2. The molecule has 2 aromatic rings. The van der Waals surface area contributed by atoms with Crippen molar-refractivity contribution in [3.8, 4) is 0 Å². The van der Waals surface area contributed by atoms with E-state index in [-0.39, 0.29) is 23.4 Å². The zero-order chi connectivity index (χ0) is 14.4. The number of carbonyl (C=O) groups excluding carboxylic acids is 2. The summed E-state index contributed by atoms with van der Waals surface area (Å²) in [6.45, 7) is 0. The summed E-state index contributed by atoms with van der Waals surface area (Å²) in [6.07, 6.45) is 2.26. The van der Waals surface area contributed by atoms with Crippen LogP contribution in [0.25, 0.3) is 0 Å². The van der Waals surface area contributed by atoms with Gasteiger partial charge in [0.25, 0.3) is 0 Å². The number of fused-ring (bicyclic) bond motifs is 2. The number of hydrogen-bond acceptors (Lipinski definition) is 2. The van der Waals surface area contributed by atoms with Crippen LogP contribution in [0.15, 0.2) is 48.5 Å². The van der Waals surface area contributed by atoms with Gasteiger partial charge in [-0.05, 0) is 30.4 Å². The largest absolute Gasteiger partial charge is 0.294 e. The standard InChI is InChI=1S/C19H16O2/c20-18-14(9-12-5-1-3-7-16(12)18)11-15-10-13-6-2-4-8-17(13)19(15)21/h1-8,14-15H,9-11H2/t14-,15+. The molecule has 0 aromatic heterocycles. The molecule has 2 atom stereocenters. The van der Waals surface area contributed by atoms with Crippen LogP contribution in [0, 0.1) is 11.8 Å². The number of hydrogen-bond donors (Lipinski definition) is 0. The van der Waals surface area contributed by atoms with E-state index < -0.39 is 0 Å². The highest BCUT2D eigenvalue weighted by Gasteiger charge is 2.37. The zero-order valence-electron chi connectivity index (χ0n) is 11.7. The highest BCUT2D eigenvalue weighted by atomic mass is 16.1. The van der Waals surface area contributed by atoms with Gasteiger partial charge in [0.05, 0.1) is 0 Å². The minimum Gasteiger partial charge on any atom is -0.294 e. The van der Waals surface area contributed by atoms with Gasteiger partial charge in [-0.15, -0.1) is 0 Å². The van der Waals surface area contributed by atoms with Gasteiger partial charge in [-0.2, -0.15) is 0 Å². The van der Waals surface area contributed by atoms with Crippen LogP contribution in [0.5, 0.6) is 0 Å². The molecule has 0 unspecified atom stereocenters. The Morgan fingerprint density at radius 2 is 1.14 bits per heavy atom. The number of benzene rings is 2. The Morgan fingerprint density at radius 3 is 1.57 bits per heavy atom. The molecule has 2 aliphatic rings. The van der Waals surface area contributed by atoms with Gasteiger partial charge in [-0.3, -0.25) is 9.59 Å². The minimum absolute atomic E-state index is 0.0225. The van der Waals surface area contributed by atoms with Crippen LogP contribution in [0.1, 0.15) is 38.3 Å². The Kier molecular flexibility index (Phi) is 2.78. The van der Waals surface area contributed by atoms with E-state index in [0.29, 0.717) is 6.42 Å². The van der Waals surface area contributed by atoms with E-state index in [1.54, 1.807) is 0 Å². The second-order valence-corrected chi connectivity index (χ2v) is 6.08. The van der Waals surface area contributed by atoms with Crippen LogP contribution in [-0.2, 0) is 12.8 Å². The molecule has 0 fully saturated rings. The molecule has 0 saturated carbocycles. The van der Waals surface area contributed by atoms with Gasteiger partial charge in [0, 0.05) is 23.0 Å². The number of carbonyl (C=O) groups is 2. The second-order valence-electron chi connectivity index (χ2n) is 6.08. The molecule has 0 amide bonds. The van der Waals surface area contributed by atoms with Crippen molar-refractivity contribution in [2.24, 2.45) is 11.8 Å². The topological polar surface area (TPSA) is 34.1 Å². The fraction of sp³-hybridized carbons (Fsp3) is 0.263. The van der Waals surface area contributed by atoms with Crippen molar-refractivity contribution >= 4 is 11.6 Å². The van der Waals surface area contributed by atoms with Crippen molar-refractivity contribution in [2.45, 2.75) is 19.3 Å². The molecule has 0 aliphatic heterocycles. The summed E-state index contributed by atoms with van der Waals surface area (Å²) in [5.74, 6) is 0.389. The lowest BCUT2D eigenvalue weighted by atomic mass is 9.89. The molecule has 0 N–H and O–H groups in total. The van der Waals surface area contributed by atoms with Crippen molar-refractivity contribution in [3.63, 3.8) is 0 Å². The highest BCUT2D eigenvalue weighted by Crippen LogP contribution is 2.36. The Balaban J connectivity index is 1.55. The van der Waals surface area contributed by atoms with Gasteiger partial charge in [-0.25, -0.2) is 0 Å². The monoisotopic (exact) mass is 276 g/mol. The Bertz CT molecular complexity index is 681. The van der Waals surface area contributed by atoms with Crippen molar-refractivity contribution < 1.29 is 9.59 Å². The van der Waals surface area contributed by atoms with Gasteiger partial charge < -0.3 is 0 Å². The van der Waals surface area contributed by atoms with Crippen molar-refractivity contribution in [2.75, 3.05) is 0 Å². The SMILES string of the molecule is O=C1c2ccccc2C[C@@H]1C[C@@H]1Cc2ccccc2C1=O. The fourth-order valence-corrected chi connectivity index (χ4v) is 3.76. The summed E-state index contributed by atoms with van der Waals surface area (Å²) in [7, 11) is 0. The first-order valence-electron chi connectivity index (χ1n) is 7.48. The fourth-order valence-electron chi connectivity index (χ4n) is 3.76. The third-order valence-electron chi connectivity index (χ3n) is 4.81. The lowest BCUT2D eigenvalue weighted by Gasteiger charge is -2.12. The molecule has 0 radical (unpaired) electrons. The first kappa shape index (κ1) is 12.5. The van der Waals surface area contributed by atoms with E-state index in [1.165, 1.54) is 0 Å².